The summed E-state index contributed by atoms with van der Waals surface area (Å²) in [4.78, 5) is 11.1. The van der Waals surface area contributed by atoms with E-state index < -0.39 is 0 Å². The molecule has 4 aromatic rings. The average molecular weight is 332 g/mol. The summed E-state index contributed by atoms with van der Waals surface area (Å²) in [5, 5.41) is 20.1. The normalized spacial score (nSPS) is 11.2. The zero-order valence-corrected chi connectivity index (χ0v) is 13.9. The molecule has 0 fully saturated rings. The fourth-order valence-electron chi connectivity index (χ4n) is 2.65. The smallest absolute Gasteiger partial charge is 0.188 e. The number of nitrogens with one attached hydrogen (secondary N) is 2. The highest BCUT2D eigenvalue weighted by Gasteiger charge is 2.10. The standard InChI is InChI=1S/C17H16N8/c1-25(2)8-7-19-17-13-5-6-18-10-14(13)12-4-3-11(9-15(12)20-17)16-21-23-24-22-16/h5-6,9-10H,7-8H2,1-2H3,(H,19,20)(H,21,22,23,24). The molecule has 0 atom stereocenters. The predicted molar refractivity (Wildman–Crippen MR) is 94.9 cm³/mol. The molecule has 2 N–H and O–H groups in total. The van der Waals surface area contributed by atoms with Gasteiger partial charge in [0.25, 0.3) is 0 Å². The first kappa shape index (κ1) is 15.2. The molecule has 0 spiro atoms. The molecule has 4 rings (SSSR count). The van der Waals surface area contributed by atoms with Gasteiger partial charge in [-0.25, -0.2) is 10.1 Å². The highest BCUT2D eigenvalue weighted by molar-refractivity contribution is 6.09. The van der Waals surface area contributed by atoms with Gasteiger partial charge in [-0.1, -0.05) is 12.1 Å². The summed E-state index contributed by atoms with van der Waals surface area (Å²) in [6.45, 7) is 1.71. The van der Waals surface area contributed by atoms with Gasteiger partial charge in [0.05, 0.1) is 16.5 Å². The van der Waals surface area contributed by atoms with E-state index in [0.29, 0.717) is 11.4 Å². The van der Waals surface area contributed by atoms with Crippen molar-refractivity contribution in [3.63, 3.8) is 0 Å². The van der Waals surface area contributed by atoms with Crippen molar-refractivity contribution in [3.05, 3.63) is 36.7 Å². The maximum Gasteiger partial charge on any atom is 0.188 e. The number of hydrogen-bond donors (Lipinski definition) is 2. The van der Waals surface area contributed by atoms with Crippen molar-refractivity contribution in [2.24, 2.45) is 0 Å². The number of hydrogen-bond acceptors (Lipinski definition) is 7. The lowest BCUT2D eigenvalue weighted by atomic mass is 10.1. The minimum Gasteiger partial charge on any atom is -0.368 e. The van der Waals surface area contributed by atoms with Crippen LogP contribution < -0.4 is 5.32 Å². The molecule has 25 heavy (non-hydrogen) atoms. The molecule has 0 aliphatic heterocycles. The third kappa shape index (κ3) is 2.93. The second-order valence-corrected chi connectivity index (χ2v) is 5.93. The number of anilines is 1. The van der Waals surface area contributed by atoms with E-state index in [1.807, 2.05) is 32.4 Å². The highest BCUT2D eigenvalue weighted by atomic mass is 15.5. The minimum atomic E-state index is 0.536. The highest BCUT2D eigenvalue weighted by Crippen LogP contribution is 2.28. The summed E-state index contributed by atoms with van der Waals surface area (Å²) in [6, 6.07) is 10.1. The summed E-state index contributed by atoms with van der Waals surface area (Å²) >= 11 is 0. The maximum absolute atomic E-state index is 4.78. The molecule has 0 bridgehead atoms. The van der Waals surface area contributed by atoms with E-state index in [1.54, 1.807) is 6.20 Å². The zero-order chi connectivity index (χ0) is 17.2. The average Bonchev–Trinajstić information content (AvgIpc) is 3.16. The summed E-state index contributed by atoms with van der Waals surface area (Å²) in [6.07, 6.45) is 3.60. The van der Waals surface area contributed by atoms with Crippen LogP contribution in [0, 0.1) is 12.1 Å². The first-order valence-corrected chi connectivity index (χ1v) is 7.86. The Balaban J connectivity index is 1.84. The van der Waals surface area contributed by atoms with Crippen LogP contribution in [0.25, 0.3) is 33.1 Å². The fraction of sp³-hybridized carbons (Fsp3) is 0.235. The molecule has 0 aliphatic carbocycles. The molecule has 3 heterocycles. The Bertz CT molecular complexity index is 1010. The molecular formula is C17H16N8. The quantitative estimate of drug-likeness (QED) is 0.572. The SMILES string of the molecule is CN(C)CCNc1nc2cc(-c3nnn[nH]3)c#cc2c2cnccc12. The molecule has 3 aromatic heterocycles. The van der Waals surface area contributed by atoms with Gasteiger partial charge in [-0.3, -0.25) is 4.98 Å². The van der Waals surface area contributed by atoms with Crippen molar-refractivity contribution in [1.29, 1.82) is 0 Å². The van der Waals surface area contributed by atoms with Gasteiger partial charge >= 0.3 is 0 Å². The van der Waals surface area contributed by atoms with Gasteiger partial charge in [-0.2, -0.15) is 0 Å². The second-order valence-electron chi connectivity index (χ2n) is 5.93. The third-order valence-electron chi connectivity index (χ3n) is 3.89. The Morgan fingerprint density at radius 1 is 1.24 bits per heavy atom. The van der Waals surface area contributed by atoms with Crippen LogP contribution in [0.5, 0.6) is 0 Å². The van der Waals surface area contributed by atoms with Crippen molar-refractivity contribution in [1.82, 2.24) is 35.5 Å². The van der Waals surface area contributed by atoms with E-state index in [9.17, 15) is 0 Å². The zero-order valence-electron chi connectivity index (χ0n) is 13.9. The van der Waals surface area contributed by atoms with Crippen LogP contribution in [0.1, 0.15) is 0 Å². The lowest BCUT2D eigenvalue weighted by molar-refractivity contribution is 0.425. The van der Waals surface area contributed by atoms with E-state index in [2.05, 4.69) is 48.0 Å². The lowest BCUT2D eigenvalue weighted by Crippen LogP contribution is -2.21. The summed E-state index contributed by atoms with van der Waals surface area (Å²) in [5.74, 6) is 1.36. The van der Waals surface area contributed by atoms with Crippen LogP contribution in [0.15, 0.2) is 24.5 Å². The fourth-order valence-corrected chi connectivity index (χ4v) is 2.65. The van der Waals surface area contributed by atoms with Crippen LogP contribution >= 0.6 is 0 Å². The van der Waals surface area contributed by atoms with Gasteiger partial charge in [0.15, 0.2) is 5.82 Å². The molecule has 0 amide bonds. The van der Waals surface area contributed by atoms with Crippen molar-refractivity contribution in [2.75, 3.05) is 32.5 Å². The molecular weight excluding hydrogens is 316 g/mol. The largest absolute Gasteiger partial charge is 0.368 e. The molecule has 8 heteroatoms. The van der Waals surface area contributed by atoms with E-state index in [4.69, 9.17) is 4.98 Å². The molecule has 0 aliphatic rings. The van der Waals surface area contributed by atoms with E-state index >= 15 is 0 Å². The van der Waals surface area contributed by atoms with Crippen molar-refractivity contribution >= 4 is 27.5 Å². The van der Waals surface area contributed by atoms with Gasteiger partial charge in [0, 0.05) is 36.3 Å². The lowest BCUT2D eigenvalue weighted by Gasteiger charge is -2.13. The monoisotopic (exact) mass is 332 g/mol. The Morgan fingerprint density at radius 3 is 2.96 bits per heavy atom. The van der Waals surface area contributed by atoms with Crippen LogP contribution in [0.4, 0.5) is 5.82 Å². The predicted octanol–water partition coefficient (Wildman–Crippen LogP) is 1.54. The van der Waals surface area contributed by atoms with Crippen LogP contribution in [0.3, 0.4) is 0 Å². The first-order chi connectivity index (χ1) is 12.2. The van der Waals surface area contributed by atoms with Gasteiger partial charge in [-0.15, -0.1) is 5.10 Å². The number of H-pyrrole nitrogens is 1. The van der Waals surface area contributed by atoms with E-state index in [-0.39, 0.29) is 0 Å². The molecule has 0 saturated carbocycles. The van der Waals surface area contributed by atoms with Gasteiger partial charge in [0.1, 0.15) is 5.82 Å². The van der Waals surface area contributed by atoms with E-state index in [1.165, 1.54) is 0 Å². The van der Waals surface area contributed by atoms with Gasteiger partial charge in [-0.05, 0) is 36.7 Å². The van der Waals surface area contributed by atoms with Crippen molar-refractivity contribution in [2.45, 2.75) is 0 Å². The summed E-state index contributed by atoms with van der Waals surface area (Å²) in [5.41, 5.74) is 1.51. The molecule has 124 valence electrons. The Morgan fingerprint density at radius 2 is 2.16 bits per heavy atom. The first-order valence-electron chi connectivity index (χ1n) is 7.86. The molecule has 0 saturated heterocycles. The topological polar surface area (TPSA) is 95.5 Å². The van der Waals surface area contributed by atoms with Gasteiger partial charge < -0.3 is 10.2 Å². The number of tetrazole rings is 1. The Kier molecular flexibility index (Phi) is 3.84. The number of pyridine rings is 2. The molecule has 0 unspecified atom stereocenters. The number of rotatable bonds is 5. The number of likely N-dealkylation sites (N-methyl/N-ethyl adjacent to an activating group) is 1. The third-order valence-corrected chi connectivity index (χ3v) is 3.89. The molecule has 1 aromatic carbocycles. The van der Waals surface area contributed by atoms with Crippen molar-refractivity contribution < 1.29 is 0 Å². The van der Waals surface area contributed by atoms with E-state index in [0.717, 1.165) is 40.6 Å². The number of nitrogens with zero attached hydrogens (tertiary/aromatic N) is 6. The molecule has 0 radical (unpaired) electrons. The minimum absolute atomic E-state index is 0.536. The number of aromatic nitrogens is 6. The summed E-state index contributed by atoms with van der Waals surface area (Å²) in [7, 11) is 4.08. The van der Waals surface area contributed by atoms with Crippen LogP contribution in [-0.2, 0) is 0 Å². The number of fused-ring (bicyclic) bond motifs is 3. The Hall–Kier alpha value is -3.31. The number of aromatic amines is 1. The second kappa shape index (κ2) is 6.30. The molecule has 8 nitrogen and oxygen atoms in total. The van der Waals surface area contributed by atoms with Gasteiger partial charge in [0.2, 0.25) is 0 Å². The Labute approximate surface area is 144 Å². The van der Waals surface area contributed by atoms with Crippen molar-refractivity contribution in [3.8, 4) is 11.4 Å². The van der Waals surface area contributed by atoms with Crippen LogP contribution in [0.2, 0.25) is 0 Å². The summed E-state index contributed by atoms with van der Waals surface area (Å²) < 4.78 is 0. The van der Waals surface area contributed by atoms with Crippen LogP contribution in [-0.4, -0.2) is 62.7 Å². The maximum atomic E-state index is 4.78.